The molecule has 0 saturated heterocycles. The van der Waals surface area contributed by atoms with Gasteiger partial charge in [-0.15, -0.1) is 0 Å². The number of hydrogen-bond acceptors (Lipinski definition) is 4. The number of nitrogens with two attached hydrogens (primary N) is 1. The lowest BCUT2D eigenvalue weighted by molar-refractivity contribution is -0.0103. The maximum atomic E-state index is 5.81. The Morgan fingerprint density at radius 1 is 1.21 bits per heavy atom. The van der Waals surface area contributed by atoms with Gasteiger partial charge in [-0.1, -0.05) is 5.16 Å². The van der Waals surface area contributed by atoms with Crippen molar-refractivity contribution in [3.05, 3.63) is 11.7 Å². The fourth-order valence-corrected chi connectivity index (χ4v) is 5.21. The van der Waals surface area contributed by atoms with Crippen LogP contribution in [-0.2, 0) is 11.8 Å². The molecule has 0 aromatic carbocycles. The van der Waals surface area contributed by atoms with Gasteiger partial charge < -0.3 is 10.3 Å². The second kappa shape index (κ2) is 4.05. The lowest BCUT2D eigenvalue weighted by atomic mass is 9.49. The summed E-state index contributed by atoms with van der Waals surface area (Å²) in [6, 6.07) is 0.0877. The van der Waals surface area contributed by atoms with Gasteiger partial charge in [0.25, 0.3) is 0 Å². The molecule has 4 fully saturated rings. The number of hydrogen-bond donors (Lipinski definition) is 1. The molecule has 2 N–H and O–H groups in total. The third-order valence-corrected chi connectivity index (χ3v) is 5.48. The summed E-state index contributed by atoms with van der Waals surface area (Å²) >= 11 is 0. The van der Waals surface area contributed by atoms with Crippen LogP contribution in [0.2, 0.25) is 0 Å². The van der Waals surface area contributed by atoms with Crippen molar-refractivity contribution in [2.75, 3.05) is 0 Å². The molecule has 0 amide bonds. The molecule has 5 rings (SSSR count). The maximum absolute atomic E-state index is 5.81. The van der Waals surface area contributed by atoms with Crippen molar-refractivity contribution in [2.45, 2.75) is 63.3 Å². The molecule has 0 radical (unpaired) electrons. The van der Waals surface area contributed by atoms with E-state index in [2.05, 4.69) is 10.1 Å². The average molecular weight is 261 g/mol. The highest BCUT2D eigenvalue weighted by molar-refractivity contribution is 5.16. The molecule has 1 aromatic rings. The Morgan fingerprint density at radius 2 is 1.79 bits per heavy atom. The van der Waals surface area contributed by atoms with Crippen molar-refractivity contribution in [2.24, 2.45) is 23.5 Å². The van der Waals surface area contributed by atoms with Gasteiger partial charge in [-0.3, -0.25) is 0 Å². The molecule has 4 nitrogen and oxygen atoms in total. The van der Waals surface area contributed by atoms with E-state index in [1.165, 1.54) is 38.5 Å². The topological polar surface area (TPSA) is 64.9 Å². The first kappa shape index (κ1) is 11.9. The molecule has 1 aromatic heterocycles. The first-order chi connectivity index (χ1) is 9.13. The first-order valence-electron chi connectivity index (χ1n) is 7.71. The second-order valence-electron chi connectivity index (χ2n) is 7.39. The van der Waals surface area contributed by atoms with Gasteiger partial charge >= 0.3 is 0 Å². The molecular formula is C15H23N3O. The molecule has 1 unspecified atom stereocenters. The van der Waals surface area contributed by atoms with Crippen LogP contribution in [0.1, 0.15) is 57.2 Å². The van der Waals surface area contributed by atoms with Gasteiger partial charge in [-0.25, -0.2) is 0 Å². The van der Waals surface area contributed by atoms with Crippen molar-refractivity contribution >= 4 is 0 Å². The molecule has 19 heavy (non-hydrogen) atoms. The lowest BCUT2D eigenvalue weighted by Crippen LogP contribution is -2.49. The summed E-state index contributed by atoms with van der Waals surface area (Å²) in [6.07, 6.45) is 8.90. The quantitative estimate of drug-likeness (QED) is 0.907. The van der Waals surface area contributed by atoms with E-state index in [1.807, 2.05) is 6.92 Å². The Bertz CT molecular complexity index is 444. The summed E-state index contributed by atoms with van der Waals surface area (Å²) in [6.45, 7) is 1.98. The molecule has 1 heterocycles. The van der Waals surface area contributed by atoms with E-state index >= 15 is 0 Å². The third-order valence-electron chi connectivity index (χ3n) is 5.48. The number of nitrogens with zero attached hydrogens (tertiary/aromatic N) is 2. The fraction of sp³-hybridized carbons (Fsp3) is 0.867. The van der Waals surface area contributed by atoms with Crippen molar-refractivity contribution in [3.8, 4) is 0 Å². The molecule has 4 saturated carbocycles. The van der Waals surface area contributed by atoms with Gasteiger partial charge in [0.15, 0.2) is 5.82 Å². The Labute approximate surface area is 114 Å². The second-order valence-corrected chi connectivity index (χ2v) is 7.39. The van der Waals surface area contributed by atoms with Crippen LogP contribution in [0.25, 0.3) is 0 Å². The highest BCUT2D eigenvalue weighted by Gasteiger charge is 2.53. The lowest BCUT2D eigenvalue weighted by Gasteiger charge is -2.55. The summed E-state index contributed by atoms with van der Waals surface area (Å²) in [5, 5.41) is 4.32. The van der Waals surface area contributed by atoms with E-state index in [4.69, 9.17) is 10.3 Å². The largest absolute Gasteiger partial charge is 0.339 e. The first-order valence-corrected chi connectivity index (χ1v) is 7.71. The maximum Gasteiger partial charge on any atom is 0.228 e. The molecule has 0 spiro atoms. The Kier molecular flexibility index (Phi) is 2.53. The molecule has 4 aliphatic rings. The minimum absolute atomic E-state index is 0.0877. The highest BCUT2D eigenvalue weighted by Crippen LogP contribution is 2.60. The van der Waals surface area contributed by atoms with Crippen LogP contribution < -0.4 is 5.73 Å². The molecule has 4 heteroatoms. The van der Waals surface area contributed by atoms with Crippen LogP contribution in [0.15, 0.2) is 4.52 Å². The van der Waals surface area contributed by atoms with Crippen LogP contribution in [0, 0.1) is 17.8 Å². The molecule has 0 aliphatic heterocycles. The summed E-state index contributed by atoms with van der Waals surface area (Å²) in [5.74, 6) is 4.47. The standard InChI is InChI=1S/C15H23N3O/c1-9(16)2-13-17-14(18-19-13)15-6-10-3-11(7-15)5-12(4-10)8-15/h9-12H,2-8,16H2,1H3. The van der Waals surface area contributed by atoms with Gasteiger partial charge in [0, 0.05) is 17.9 Å². The van der Waals surface area contributed by atoms with Crippen LogP contribution in [0.3, 0.4) is 0 Å². The zero-order valence-corrected chi connectivity index (χ0v) is 11.6. The predicted molar refractivity (Wildman–Crippen MR) is 71.5 cm³/mol. The van der Waals surface area contributed by atoms with E-state index in [1.54, 1.807) is 0 Å². The Morgan fingerprint density at radius 3 is 2.32 bits per heavy atom. The predicted octanol–water partition coefficient (Wildman–Crippen LogP) is 2.43. The van der Waals surface area contributed by atoms with E-state index < -0.39 is 0 Å². The molecule has 4 aliphatic carbocycles. The molecule has 104 valence electrons. The Balaban J connectivity index is 1.62. The smallest absolute Gasteiger partial charge is 0.228 e. The van der Waals surface area contributed by atoms with Gasteiger partial charge in [-0.2, -0.15) is 4.98 Å². The molecular weight excluding hydrogens is 238 g/mol. The van der Waals surface area contributed by atoms with E-state index in [9.17, 15) is 0 Å². The summed E-state index contributed by atoms with van der Waals surface area (Å²) in [7, 11) is 0. The fourth-order valence-electron chi connectivity index (χ4n) is 5.21. The normalized spacial score (nSPS) is 41.7. The van der Waals surface area contributed by atoms with Crippen molar-refractivity contribution in [1.29, 1.82) is 0 Å². The SMILES string of the molecule is CC(N)Cc1nc(C23CC4CC(CC(C4)C2)C3)no1. The zero-order chi connectivity index (χ0) is 13.0. The van der Waals surface area contributed by atoms with E-state index in [-0.39, 0.29) is 11.5 Å². The van der Waals surface area contributed by atoms with E-state index in [0.29, 0.717) is 6.42 Å². The van der Waals surface area contributed by atoms with Crippen molar-refractivity contribution in [3.63, 3.8) is 0 Å². The number of aromatic nitrogens is 2. The van der Waals surface area contributed by atoms with Gasteiger partial charge in [0.1, 0.15) is 0 Å². The molecule has 1 atom stereocenters. The highest BCUT2D eigenvalue weighted by atomic mass is 16.5. The summed E-state index contributed by atoms with van der Waals surface area (Å²) in [4.78, 5) is 4.68. The van der Waals surface area contributed by atoms with Crippen molar-refractivity contribution < 1.29 is 4.52 Å². The molecule has 4 bridgehead atoms. The monoisotopic (exact) mass is 261 g/mol. The van der Waals surface area contributed by atoms with Crippen molar-refractivity contribution in [1.82, 2.24) is 10.1 Å². The van der Waals surface area contributed by atoms with E-state index in [0.717, 1.165) is 29.5 Å². The summed E-state index contributed by atoms with van der Waals surface area (Å²) in [5.41, 5.74) is 6.06. The number of rotatable bonds is 3. The van der Waals surface area contributed by atoms with Gasteiger partial charge in [0.05, 0.1) is 0 Å². The Hall–Kier alpha value is -0.900. The third kappa shape index (κ3) is 1.92. The van der Waals surface area contributed by atoms with Crippen LogP contribution in [0.4, 0.5) is 0 Å². The van der Waals surface area contributed by atoms with Crippen LogP contribution >= 0.6 is 0 Å². The van der Waals surface area contributed by atoms with Crippen LogP contribution in [0.5, 0.6) is 0 Å². The summed E-state index contributed by atoms with van der Waals surface area (Å²) < 4.78 is 5.42. The zero-order valence-electron chi connectivity index (χ0n) is 11.6. The van der Waals surface area contributed by atoms with Crippen LogP contribution in [-0.4, -0.2) is 16.2 Å². The minimum atomic E-state index is 0.0877. The minimum Gasteiger partial charge on any atom is -0.339 e. The van der Waals surface area contributed by atoms with Gasteiger partial charge in [-0.05, 0) is 63.2 Å². The van der Waals surface area contributed by atoms with Gasteiger partial charge in [0.2, 0.25) is 5.89 Å². The average Bonchev–Trinajstić information content (AvgIpc) is 2.75.